The molecule has 0 fully saturated rings. The largest absolute Gasteiger partial charge is 0.465 e. The lowest BCUT2D eigenvalue weighted by Crippen LogP contribution is -2.19. The fourth-order valence-electron chi connectivity index (χ4n) is 1.31. The average molecular weight is 282 g/mol. The number of carbonyl (C=O) groups is 1. The van der Waals surface area contributed by atoms with Crippen LogP contribution in [0.3, 0.4) is 0 Å². The Morgan fingerprint density at radius 3 is 2.67 bits per heavy atom. The van der Waals surface area contributed by atoms with Crippen molar-refractivity contribution in [2.24, 2.45) is 0 Å². The third kappa shape index (κ3) is 3.80. The molecule has 0 saturated carbocycles. The summed E-state index contributed by atoms with van der Waals surface area (Å²) in [5.41, 5.74) is -1.24. The van der Waals surface area contributed by atoms with Crippen LogP contribution in [0.2, 0.25) is 5.02 Å². The second-order valence-electron chi connectivity index (χ2n) is 3.32. The van der Waals surface area contributed by atoms with E-state index in [9.17, 15) is 18.0 Å². The van der Waals surface area contributed by atoms with Gasteiger partial charge in [0.15, 0.2) is 0 Å². The molecule has 1 N–H and O–H groups in total. The van der Waals surface area contributed by atoms with Crippen LogP contribution in [-0.4, -0.2) is 19.1 Å². The number of hydrogen-bond donors (Lipinski definition) is 1. The molecule has 0 heterocycles. The van der Waals surface area contributed by atoms with Crippen molar-refractivity contribution >= 4 is 23.3 Å². The van der Waals surface area contributed by atoms with Crippen LogP contribution in [-0.2, 0) is 15.7 Å². The fraction of sp³-hybridized carbons (Fsp3) is 0.364. The standard InChI is InChI=1S/C11H11ClF3NO2/c1-2-18-9(17)6-16-10-7(11(13,14)15)4-3-5-8(10)12/h3-5,16H,2,6H2,1H3. The quantitative estimate of drug-likeness (QED) is 0.860. The maximum atomic E-state index is 12.7. The minimum absolute atomic E-state index is 0.103. The highest BCUT2D eigenvalue weighted by molar-refractivity contribution is 6.33. The van der Waals surface area contributed by atoms with Gasteiger partial charge in [-0.25, -0.2) is 0 Å². The zero-order chi connectivity index (χ0) is 13.8. The van der Waals surface area contributed by atoms with Gasteiger partial charge >= 0.3 is 12.1 Å². The molecule has 0 amide bonds. The van der Waals surface area contributed by atoms with Gasteiger partial charge in [0.1, 0.15) is 6.54 Å². The van der Waals surface area contributed by atoms with E-state index >= 15 is 0 Å². The van der Waals surface area contributed by atoms with Gasteiger partial charge in [-0.2, -0.15) is 13.2 Å². The summed E-state index contributed by atoms with van der Waals surface area (Å²) in [6.45, 7) is 1.39. The van der Waals surface area contributed by atoms with E-state index in [1.165, 1.54) is 12.1 Å². The number of benzene rings is 1. The Morgan fingerprint density at radius 2 is 2.11 bits per heavy atom. The summed E-state index contributed by atoms with van der Waals surface area (Å²) in [5, 5.41) is 2.24. The van der Waals surface area contributed by atoms with Gasteiger partial charge in [0.05, 0.1) is 22.9 Å². The first-order valence-corrected chi connectivity index (χ1v) is 5.49. The summed E-state index contributed by atoms with van der Waals surface area (Å²) in [4.78, 5) is 11.1. The zero-order valence-electron chi connectivity index (χ0n) is 9.47. The summed E-state index contributed by atoms with van der Waals surface area (Å²) >= 11 is 5.68. The van der Waals surface area contributed by atoms with Crippen LogP contribution in [0, 0.1) is 0 Å². The van der Waals surface area contributed by atoms with Gasteiger partial charge in [-0.3, -0.25) is 4.79 Å². The molecule has 0 atom stereocenters. The Balaban J connectivity index is 2.90. The predicted octanol–water partition coefficient (Wildman–Crippen LogP) is 3.33. The first-order valence-electron chi connectivity index (χ1n) is 5.11. The molecule has 0 aliphatic heterocycles. The molecule has 0 saturated heterocycles. The van der Waals surface area contributed by atoms with Crippen molar-refractivity contribution in [1.82, 2.24) is 0 Å². The lowest BCUT2D eigenvalue weighted by molar-refractivity contribution is -0.141. The number of alkyl halides is 3. The van der Waals surface area contributed by atoms with E-state index in [-0.39, 0.29) is 23.9 Å². The Kier molecular flexibility index (Phi) is 4.84. The number of para-hydroxylation sites is 1. The lowest BCUT2D eigenvalue weighted by Gasteiger charge is -2.15. The summed E-state index contributed by atoms with van der Waals surface area (Å²) in [7, 11) is 0. The van der Waals surface area contributed by atoms with Crippen LogP contribution < -0.4 is 5.32 Å². The van der Waals surface area contributed by atoms with E-state index in [1.54, 1.807) is 6.92 Å². The third-order valence-corrected chi connectivity index (χ3v) is 2.35. The highest BCUT2D eigenvalue weighted by atomic mass is 35.5. The number of anilines is 1. The Bertz CT molecular complexity index is 435. The van der Waals surface area contributed by atoms with Gasteiger partial charge in [-0.1, -0.05) is 17.7 Å². The third-order valence-electron chi connectivity index (χ3n) is 2.03. The molecule has 0 aromatic heterocycles. The molecule has 100 valence electrons. The minimum atomic E-state index is -4.54. The molecular formula is C11H11ClF3NO2. The SMILES string of the molecule is CCOC(=O)CNc1c(Cl)cccc1C(F)(F)F. The normalized spacial score (nSPS) is 11.2. The van der Waals surface area contributed by atoms with Crippen LogP contribution in [0.1, 0.15) is 12.5 Å². The van der Waals surface area contributed by atoms with Gasteiger partial charge in [0.2, 0.25) is 0 Å². The highest BCUT2D eigenvalue weighted by Gasteiger charge is 2.34. The van der Waals surface area contributed by atoms with Crippen LogP contribution in [0.25, 0.3) is 0 Å². The number of esters is 1. The maximum absolute atomic E-state index is 12.7. The highest BCUT2D eigenvalue weighted by Crippen LogP contribution is 2.38. The van der Waals surface area contributed by atoms with Crippen molar-refractivity contribution in [2.45, 2.75) is 13.1 Å². The molecule has 0 aliphatic carbocycles. The van der Waals surface area contributed by atoms with E-state index in [1.807, 2.05) is 0 Å². The van der Waals surface area contributed by atoms with Crippen molar-refractivity contribution in [3.05, 3.63) is 28.8 Å². The molecule has 7 heteroatoms. The fourth-order valence-corrected chi connectivity index (χ4v) is 1.55. The Labute approximate surface area is 107 Å². The molecule has 3 nitrogen and oxygen atoms in total. The first kappa shape index (κ1) is 14.6. The summed E-state index contributed by atoms with van der Waals surface area (Å²) < 4.78 is 42.7. The van der Waals surface area contributed by atoms with E-state index < -0.39 is 17.7 Å². The first-order chi connectivity index (χ1) is 8.36. The topological polar surface area (TPSA) is 38.3 Å². The van der Waals surface area contributed by atoms with Gasteiger partial charge in [-0.15, -0.1) is 0 Å². The molecule has 0 spiro atoms. The average Bonchev–Trinajstić information content (AvgIpc) is 2.26. The molecule has 0 aliphatic rings. The van der Waals surface area contributed by atoms with Crippen molar-refractivity contribution in [1.29, 1.82) is 0 Å². The number of halogens is 4. The zero-order valence-corrected chi connectivity index (χ0v) is 10.2. The molecule has 0 radical (unpaired) electrons. The smallest absolute Gasteiger partial charge is 0.418 e. The van der Waals surface area contributed by atoms with Crippen LogP contribution >= 0.6 is 11.6 Å². The van der Waals surface area contributed by atoms with Crippen LogP contribution in [0.5, 0.6) is 0 Å². The van der Waals surface area contributed by atoms with E-state index in [0.717, 1.165) is 6.07 Å². The molecule has 1 aromatic carbocycles. The second-order valence-corrected chi connectivity index (χ2v) is 3.73. The van der Waals surface area contributed by atoms with Crippen LogP contribution in [0.4, 0.5) is 18.9 Å². The summed E-state index contributed by atoms with van der Waals surface area (Å²) in [6.07, 6.45) is -4.54. The van der Waals surface area contributed by atoms with Crippen molar-refractivity contribution < 1.29 is 22.7 Å². The molecule has 1 rings (SSSR count). The Morgan fingerprint density at radius 1 is 1.44 bits per heavy atom. The van der Waals surface area contributed by atoms with E-state index in [0.29, 0.717) is 0 Å². The van der Waals surface area contributed by atoms with Gasteiger partial charge in [-0.05, 0) is 19.1 Å². The monoisotopic (exact) mass is 281 g/mol. The van der Waals surface area contributed by atoms with Gasteiger partial charge < -0.3 is 10.1 Å². The van der Waals surface area contributed by atoms with Gasteiger partial charge in [0, 0.05) is 0 Å². The summed E-state index contributed by atoms with van der Waals surface area (Å²) in [6, 6.07) is 3.39. The van der Waals surface area contributed by atoms with E-state index in [2.05, 4.69) is 10.1 Å². The number of ether oxygens (including phenoxy) is 1. The molecule has 18 heavy (non-hydrogen) atoms. The minimum Gasteiger partial charge on any atom is -0.465 e. The maximum Gasteiger partial charge on any atom is 0.418 e. The molecule has 0 bridgehead atoms. The summed E-state index contributed by atoms with van der Waals surface area (Å²) in [5.74, 6) is -0.648. The number of carbonyl (C=O) groups excluding carboxylic acids is 1. The number of hydrogen-bond acceptors (Lipinski definition) is 3. The number of nitrogens with one attached hydrogen (secondary N) is 1. The predicted molar refractivity (Wildman–Crippen MR) is 61.6 cm³/mol. The lowest BCUT2D eigenvalue weighted by atomic mass is 10.1. The van der Waals surface area contributed by atoms with Crippen LogP contribution in [0.15, 0.2) is 18.2 Å². The molecule has 1 aromatic rings. The molecular weight excluding hydrogens is 271 g/mol. The van der Waals surface area contributed by atoms with Crippen molar-refractivity contribution in [3.63, 3.8) is 0 Å². The van der Waals surface area contributed by atoms with Crippen molar-refractivity contribution in [3.8, 4) is 0 Å². The van der Waals surface area contributed by atoms with Gasteiger partial charge in [0.25, 0.3) is 0 Å². The molecule has 0 unspecified atom stereocenters. The van der Waals surface area contributed by atoms with E-state index in [4.69, 9.17) is 11.6 Å². The number of rotatable bonds is 4. The second kappa shape index (κ2) is 5.95. The Hall–Kier alpha value is -1.43. The van der Waals surface area contributed by atoms with Crippen molar-refractivity contribution in [2.75, 3.05) is 18.5 Å².